The van der Waals surface area contributed by atoms with Crippen molar-refractivity contribution >= 4 is 90.1 Å². The molecular formula is C18H7BrCl3NO2S. The Morgan fingerprint density at radius 2 is 1.96 bits per heavy atom. The van der Waals surface area contributed by atoms with E-state index in [2.05, 4.69) is 20.9 Å². The third kappa shape index (κ3) is 3.30. The summed E-state index contributed by atoms with van der Waals surface area (Å²) < 4.78 is 7.02. The largest absolute Gasteiger partial charge is 0.401 e. The van der Waals surface area contributed by atoms with Crippen LogP contribution in [-0.4, -0.2) is 11.9 Å². The second-order valence-electron chi connectivity index (χ2n) is 5.40. The van der Waals surface area contributed by atoms with Crippen molar-refractivity contribution in [1.82, 2.24) is 0 Å². The molecule has 0 atom stereocenters. The highest BCUT2D eigenvalue weighted by Crippen LogP contribution is 2.42. The number of nitrogens with zero attached hydrogens (tertiary/aromatic N) is 1. The van der Waals surface area contributed by atoms with Gasteiger partial charge < -0.3 is 4.74 Å². The Bertz CT molecular complexity index is 1140. The van der Waals surface area contributed by atoms with Crippen LogP contribution in [0.15, 0.2) is 51.6 Å². The van der Waals surface area contributed by atoms with Crippen LogP contribution in [0, 0.1) is 0 Å². The predicted octanol–water partition coefficient (Wildman–Crippen LogP) is 6.97. The first-order chi connectivity index (χ1) is 12.4. The van der Waals surface area contributed by atoms with Crippen molar-refractivity contribution in [1.29, 1.82) is 0 Å². The third-order valence-corrected chi connectivity index (χ3v) is 6.24. The van der Waals surface area contributed by atoms with Crippen LogP contribution in [0.4, 0.5) is 0 Å². The quantitative estimate of drug-likeness (QED) is 0.289. The Morgan fingerprint density at radius 1 is 1.15 bits per heavy atom. The van der Waals surface area contributed by atoms with Gasteiger partial charge in [0.1, 0.15) is 4.88 Å². The van der Waals surface area contributed by atoms with Crippen LogP contribution in [0.2, 0.25) is 15.1 Å². The SMILES string of the molecule is O=C1OC(c2sc3cc(Cl)cc(Cl)c3c2Cl)=N/C1=C\c1cccc(Br)c1. The maximum atomic E-state index is 12.2. The van der Waals surface area contributed by atoms with Crippen LogP contribution in [0.5, 0.6) is 0 Å². The Hall–Kier alpha value is -1.37. The number of ether oxygens (including phenoxy) is 1. The van der Waals surface area contributed by atoms with E-state index >= 15 is 0 Å². The highest BCUT2D eigenvalue weighted by molar-refractivity contribution is 9.10. The van der Waals surface area contributed by atoms with Gasteiger partial charge in [0.05, 0.1) is 10.0 Å². The summed E-state index contributed by atoms with van der Waals surface area (Å²) in [4.78, 5) is 17.0. The normalized spacial score (nSPS) is 15.6. The minimum Gasteiger partial charge on any atom is -0.401 e. The lowest BCUT2D eigenvalue weighted by atomic mass is 10.2. The summed E-state index contributed by atoms with van der Waals surface area (Å²) in [6.45, 7) is 0. The molecule has 8 heteroatoms. The lowest BCUT2D eigenvalue weighted by Gasteiger charge is -1.97. The van der Waals surface area contributed by atoms with Gasteiger partial charge in [-0.25, -0.2) is 9.79 Å². The van der Waals surface area contributed by atoms with Gasteiger partial charge in [-0.1, -0.05) is 62.9 Å². The number of carbonyl (C=O) groups is 1. The summed E-state index contributed by atoms with van der Waals surface area (Å²) in [6, 6.07) is 10.9. The van der Waals surface area contributed by atoms with Gasteiger partial charge in [0.2, 0.25) is 5.90 Å². The Kier molecular flexibility index (Phi) is 4.84. The fourth-order valence-corrected chi connectivity index (χ4v) is 5.23. The average molecular weight is 488 g/mol. The molecule has 130 valence electrons. The second-order valence-corrected chi connectivity index (χ2v) is 8.59. The summed E-state index contributed by atoms with van der Waals surface area (Å²) in [5, 5.41) is 2.00. The number of rotatable bonds is 2. The molecule has 0 spiro atoms. The fraction of sp³-hybridized carbons (Fsp3) is 0. The second kappa shape index (κ2) is 6.98. The van der Waals surface area contributed by atoms with Gasteiger partial charge in [-0.3, -0.25) is 0 Å². The fourth-order valence-electron chi connectivity index (χ4n) is 2.51. The monoisotopic (exact) mass is 485 g/mol. The first-order valence-electron chi connectivity index (χ1n) is 7.28. The smallest absolute Gasteiger partial charge is 0.363 e. The van der Waals surface area contributed by atoms with Gasteiger partial charge in [0.15, 0.2) is 5.70 Å². The maximum Gasteiger partial charge on any atom is 0.363 e. The van der Waals surface area contributed by atoms with Crippen LogP contribution >= 0.6 is 62.1 Å². The van der Waals surface area contributed by atoms with Gasteiger partial charge in [0, 0.05) is 19.6 Å². The van der Waals surface area contributed by atoms with E-state index in [-0.39, 0.29) is 11.6 Å². The number of benzene rings is 2. The summed E-state index contributed by atoms with van der Waals surface area (Å²) in [6.07, 6.45) is 1.66. The number of fused-ring (bicyclic) bond motifs is 1. The standard InChI is InChI=1S/C18H7BrCl3NO2S/c19-9-3-1-2-8(4-9)5-12-18(24)25-17(23-12)16-15(22)14-11(21)6-10(20)7-13(14)26-16/h1-7H/b12-5-. The van der Waals surface area contributed by atoms with Crippen molar-refractivity contribution in [2.24, 2.45) is 4.99 Å². The molecule has 0 saturated carbocycles. The molecule has 0 saturated heterocycles. The summed E-state index contributed by atoms with van der Waals surface area (Å²) in [5.74, 6) is -0.368. The first-order valence-corrected chi connectivity index (χ1v) is 10.0. The van der Waals surface area contributed by atoms with Crippen LogP contribution in [-0.2, 0) is 9.53 Å². The van der Waals surface area contributed by atoms with Crippen LogP contribution < -0.4 is 0 Å². The number of cyclic esters (lactones) is 1. The van der Waals surface area contributed by atoms with Crippen molar-refractivity contribution in [2.45, 2.75) is 0 Å². The van der Waals surface area contributed by atoms with Crippen LogP contribution in [0.3, 0.4) is 0 Å². The Morgan fingerprint density at radius 3 is 2.73 bits per heavy atom. The molecular weight excluding hydrogens is 481 g/mol. The maximum absolute atomic E-state index is 12.2. The topological polar surface area (TPSA) is 38.7 Å². The molecule has 1 aliphatic rings. The number of hydrogen-bond acceptors (Lipinski definition) is 4. The summed E-state index contributed by atoms with van der Waals surface area (Å²) >= 11 is 23.5. The van der Waals surface area contributed by atoms with E-state index < -0.39 is 5.97 Å². The molecule has 3 nitrogen and oxygen atoms in total. The highest BCUT2D eigenvalue weighted by Gasteiger charge is 2.28. The molecule has 2 heterocycles. The number of esters is 1. The van der Waals surface area contributed by atoms with Gasteiger partial charge >= 0.3 is 5.97 Å². The molecule has 3 aromatic rings. The van der Waals surface area contributed by atoms with E-state index in [9.17, 15) is 4.79 Å². The summed E-state index contributed by atoms with van der Waals surface area (Å²) in [5.41, 5.74) is 1.03. The number of hydrogen-bond donors (Lipinski definition) is 0. The molecule has 26 heavy (non-hydrogen) atoms. The first kappa shape index (κ1) is 18.0. The van der Waals surface area contributed by atoms with E-state index in [0.29, 0.717) is 25.3 Å². The Balaban J connectivity index is 1.79. The van der Waals surface area contributed by atoms with Crippen molar-refractivity contribution in [3.63, 3.8) is 0 Å². The van der Waals surface area contributed by atoms with Gasteiger partial charge in [-0.15, -0.1) is 11.3 Å². The zero-order chi connectivity index (χ0) is 18.4. The molecule has 0 radical (unpaired) electrons. The number of carbonyl (C=O) groups excluding carboxylic acids is 1. The minimum atomic E-state index is -0.530. The molecule has 0 N–H and O–H groups in total. The van der Waals surface area contributed by atoms with Gasteiger partial charge in [0.25, 0.3) is 0 Å². The van der Waals surface area contributed by atoms with E-state index in [4.69, 9.17) is 39.5 Å². The summed E-state index contributed by atoms with van der Waals surface area (Å²) in [7, 11) is 0. The molecule has 4 rings (SSSR count). The van der Waals surface area contributed by atoms with Crippen LogP contribution in [0.25, 0.3) is 16.2 Å². The Labute approximate surface area is 176 Å². The number of thiophene rings is 1. The van der Waals surface area contributed by atoms with Crippen LogP contribution in [0.1, 0.15) is 10.4 Å². The van der Waals surface area contributed by atoms with Crippen molar-refractivity contribution in [3.05, 3.63) is 72.1 Å². The van der Waals surface area contributed by atoms with Crippen molar-refractivity contribution in [2.75, 3.05) is 0 Å². The molecule has 0 amide bonds. The average Bonchev–Trinajstić information content (AvgIpc) is 3.08. The molecule has 0 bridgehead atoms. The van der Waals surface area contributed by atoms with E-state index in [1.807, 2.05) is 24.3 Å². The van der Waals surface area contributed by atoms with E-state index in [0.717, 1.165) is 14.7 Å². The molecule has 2 aromatic carbocycles. The lowest BCUT2D eigenvalue weighted by molar-refractivity contribution is -0.129. The number of halogens is 4. The molecule has 1 aliphatic heterocycles. The molecule has 0 aliphatic carbocycles. The van der Waals surface area contributed by atoms with Gasteiger partial charge in [-0.05, 0) is 35.9 Å². The third-order valence-electron chi connectivity index (χ3n) is 3.62. The number of aliphatic imine (C=N–C) groups is 1. The zero-order valence-corrected chi connectivity index (χ0v) is 17.4. The molecule has 0 unspecified atom stereocenters. The van der Waals surface area contributed by atoms with E-state index in [1.54, 1.807) is 18.2 Å². The lowest BCUT2D eigenvalue weighted by Crippen LogP contribution is -2.04. The molecule has 0 fully saturated rings. The predicted molar refractivity (Wildman–Crippen MR) is 112 cm³/mol. The highest BCUT2D eigenvalue weighted by atomic mass is 79.9. The minimum absolute atomic E-state index is 0.162. The van der Waals surface area contributed by atoms with Gasteiger partial charge in [-0.2, -0.15) is 0 Å². The molecule has 1 aromatic heterocycles. The zero-order valence-electron chi connectivity index (χ0n) is 12.7. The van der Waals surface area contributed by atoms with Crippen molar-refractivity contribution in [3.8, 4) is 0 Å². The van der Waals surface area contributed by atoms with Crippen molar-refractivity contribution < 1.29 is 9.53 Å². The van der Waals surface area contributed by atoms with E-state index in [1.165, 1.54) is 11.3 Å².